The predicted octanol–water partition coefficient (Wildman–Crippen LogP) is 0.637. The molecule has 0 aromatic carbocycles. The fourth-order valence-corrected chi connectivity index (χ4v) is 1.67. The van der Waals surface area contributed by atoms with Crippen LogP contribution in [0.4, 0.5) is 6.01 Å². The van der Waals surface area contributed by atoms with Crippen LogP contribution >= 0.6 is 0 Å². The van der Waals surface area contributed by atoms with Gasteiger partial charge in [-0.15, -0.1) is 0 Å². The van der Waals surface area contributed by atoms with Crippen molar-refractivity contribution in [1.29, 1.82) is 5.26 Å². The van der Waals surface area contributed by atoms with Gasteiger partial charge in [0.2, 0.25) is 5.91 Å². The molecule has 1 aliphatic heterocycles. The third-order valence-corrected chi connectivity index (χ3v) is 2.74. The van der Waals surface area contributed by atoms with E-state index < -0.39 is 11.3 Å². The van der Waals surface area contributed by atoms with E-state index in [0.717, 1.165) is 0 Å². The fraction of sp³-hybridized carbons (Fsp3) is 0.600. The molecule has 0 atom stereocenters. The Morgan fingerprint density at radius 3 is 2.76 bits per heavy atom. The number of aromatic nitrogens is 2. The maximum Gasteiger partial charge on any atom is 0.328 e. The molecule has 0 saturated carbocycles. The number of aryl methyl sites for hydroxylation is 1. The van der Waals surface area contributed by atoms with Crippen molar-refractivity contribution in [3.8, 4) is 6.07 Å². The highest BCUT2D eigenvalue weighted by molar-refractivity contribution is 5.95. The Labute approximate surface area is 97.7 Å². The van der Waals surface area contributed by atoms with Gasteiger partial charge in [-0.2, -0.15) is 10.2 Å². The molecular formula is C10H12N4O3. The summed E-state index contributed by atoms with van der Waals surface area (Å²) in [5.41, 5.74) is -1.05. The van der Waals surface area contributed by atoms with Crippen molar-refractivity contribution in [2.75, 3.05) is 18.5 Å². The van der Waals surface area contributed by atoms with E-state index in [1.807, 2.05) is 0 Å². The number of rotatable bonds is 2. The topological polar surface area (TPSA) is 101 Å². The number of nitrogens with one attached hydrogen (secondary N) is 1. The summed E-state index contributed by atoms with van der Waals surface area (Å²) in [6.07, 6.45) is 0.755. The number of hydrogen-bond acceptors (Lipinski definition) is 6. The number of ether oxygens (including phenoxy) is 1. The van der Waals surface area contributed by atoms with E-state index in [4.69, 9.17) is 14.5 Å². The highest BCUT2D eigenvalue weighted by atomic mass is 16.5. The molecule has 1 aliphatic rings. The molecule has 1 fully saturated rings. The molecule has 1 amide bonds. The van der Waals surface area contributed by atoms with Crippen LogP contribution in [0.2, 0.25) is 0 Å². The van der Waals surface area contributed by atoms with E-state index in [1.54, 1.807) is 6.92 Å². The lowest BCUT2D eigenvalue weighted by Gasteiger charge is -2.28. The van der Waals surface area contributed by atoms with E-state index in [-0.39, 0.29) is 6.01 Å². The van der Waals surface area contributed by atoms with Gasteiger partial charge in [0.25, 0.3) is 0 Å². The summed E-state index contributed by atoms with van der Waals surface area (Å²) in [4.78, 5) is 15.9. The Bertz CT molecular complexity index is 456. The van der Waals surface area contributed by atoms with Crippen molar-refractivity contribution < 1.29 is 14.1 Å². The Kier molecular flexibility index (Phi) is 3.06. The van der Waals surface area contributed by atoms with Gasteiger partial charge < -0.3 is 9.26 Å². The van der Waals surface area contributed by atoms with Crippen LogP contribution in [0.3, 0.4) is 0 Å². The molecule has 7 nitrogen and oxygen atoms in total. The summed E-state index contributed by atoms with van der Waals surface area (Å²) in [6.45, 7) is 2.46. The lowest BCUT2D eigenvalue weighted by atomic mass is 9.81. The molecule has 2 rings (SSSR count). The van der Waals surface area contributed by atoms with Crippen molar-refractivity contribution in [1.82, 2.24) is 10.1 Å². The molecule has 1 aromatic heterocycles. The summed E-state index contributed by atoms with van der Waals surface area (Å²) in [5.74, 6) is 0.0187. The van der Waals surface area contributed by atoms with Crippen LogP contribution in [0.15, 0.2) is 4.52 Å². The van der Waals surface area contributed by atoms with E-state index >= 15 is 0 Å². The number of nitriles is 1. The van der Waals surface area contributed by atoms with E-state index in [9.17, 15) is 4.79 Å². The van der Waals surface area contributed by atoms with Gasteiger partial charge in [0.15, 0.2) is 5.82 Å². The van der Waals surface area contributed by atoms with Crippen LogP contribution in [-0.2, 0) is 9.53 Å². The molecule has 1 aromatic rings. The quantitative estimate of drug-likeness (QED) is 0.808. The zero-order chi connectivity index (χ0) is 12.3. The van der Waals surface area contributed by atoms with E-state index in [1.165, 1.54) is 0 Å². The van der Waals surface area contributed by atoms with Crippen molar-refractivity contribution in [3.05, 3.63) is 5.82 Å². The third-order valence-electron chi connectivity index (χ3n) is 2.74. The second-order valence-corrected chi connectivity index (χ2v) is 3.91. The predicted molar refractivity (Wildman–Crippen MR) is 55.8 cm³/mol. The zero-order valence-electron chi connectivity index (χ0n) is 9.39. The van der Waals surface area contributed by atoms with Crippen LogP contribution < -0.4 is 5.32 Å². The third kappa shape index (κ3) is 2.26. The van der Waals surface area contributed by atoms with E-state index in [0.29, 0.717) is 31.9 Å². The normalized spacial score (nSPS) is 18.4. The highest BCUT2D eigenvalue weighted by Crippen LogP contribution is 2.30. The van der Waals surface area contributed by atoms with Crippen molar-refractivity contribution in [2.24, 2.45) is 5.41 Å². The first-order valence-electron chi connectivity index (χ1n) is 5.27. The smallest absolute Gasteiger partial charge is 0.328 e. The monoisotopic (exact) mass is 236 g/mol. The molecular weight excluding hydrogens is 224 g/mol. The van der Waals surface area contributed by atoms with Crippen LogP contribution in [-0.4, -0.2) is 29.3 Å². The average Bonchev–Trinajstić information content (AvgIpc) is 2.75. The molecule has 1 N–H and O–H groups in total. The van der Waals surface area contributed by atoms with Crippen LogP contribution in [0, 0.1) is 23.7 Å². The first kappa shape index (κ1) is 11.5. The summed E-state index contributed by atoms with van der Waals surface area (Å²) in [5, 5.41) is 15.2. The number of anilines is 1. The lowest BCUT2D eigenvalue weighted by molar-refractivity contribution is -0.127. The average molecular weight is 236 g/mol. The minimum Gasteiger partial charge on any atom is -0.381 e. The minimum absolute atomic E-state index is 0.0219. The van der Waals surface area contributed by atoms with Crippen LogP contribution in [0.5, 0.6) is 0 Å². The summed E-state index contributed by atoms with van der Waals surface area (Å²) < 4.78 is 9.93. The molecule has 90 valence electrons. The van der Waals surface area contributed by atoms with Gasteiger partial charge in [-0.1, -0.05) is 5.16 Å². The molecule has 0 bridgehead atoms. The van der Waals surface area contributed by atoms with Gasteiger partial charge in [0, 0.05) is 13.2 Å². The summed E-state index contributed by atoms with van der Waals surface area (Å²) >= 11 is 0. The first-order valence-corrected chi connectivity index (χ1v) is 5.27. The van der Waals surface area contributed by atoms with Gasteiger partial charge in [0.1, 0.15) is 5.41 Å². The second-order valence-electron chi connectivity index (χ2n) is 3.91. The van der Waals surface area contributed by atoms with Crippen LogP contribution in [0.25, 0.3) is 0 Å². The molecule has 0 spiro atoms. The Morgan fingerprint density at radius 2 is 2.24 bits per heavy atom. The van der Waals surface area contributed by atoms with E-state index in [2.05, 4.69) is 21.5 Å². The maximum atomic E-state index is 12.0. The van der Waals surface area contributed by atoms with Crippen molar-refractivity contribution >= 4 is 11.9 Å². The summed E-state index contributed by atoms with van der Waals surface area (Å²) in [6, 6.07) is 2.08. The Morgan fingerprint density at radius 1 is 1.53 bits per heavy atom. The molecule has 0 aliphatic carbocycles. The number of hydrogen-bond donors (Lipinski definition) is 1. The lowest BCUT2D eigenvalue weighted by Crippen LogP contribution is -2.40. The van der Waals surface area contributed by atoms with Crippen LogP contribution in [0.1, 0.15) is 18.7 Å². The number of carbonyl (C=O) groups excluding carboxylic acids is 1. The second kappa shape index (κ2) is 4.51. The summed E-state index contributed by atoms with van der Waals surface area (Å²) in [7, 11) is 0. The number of carbonyl (C=O) groups is 1. The largest absolute Gasteiger partial charge is 0.381 e. The van der Waals surface area contributed by atoms with Gasteiger partial charge >= 0.3 is 6.01 Å². The van der Waals surface area contributed by atoms with Crippen molar-refractivity contribution in [3.63, 3.8) is 0 Å². The molecule has 0 unspecified atom stereocenters. The Balaban J connectivity index is 2.10. The molecule has 17 heavy (non-hydrogen) atoms. The Hall–Kier alpha value is -1.94. The number of amides is 1. The van der Waals surface area contributed by atoms with Gasteiger partial charge in [-0.3, -0.25) is 10.1 Å². The highest BCUT2D eigenvalue weighted by Gasteiger charge is 2.41. The molecule has 1 saturated heterocycles. The van der Waals surface area contributed by atoms with Gasteiger partial charge in [-0.05, 0) is 19.8 Å². The minimum atomic E-state index is -1.05. The fourth-order valence-electron chi connectivity index (χ4n) is 1.67. The first-order chi connectivity index (χ1) is 8.16. The van der Waals surface area contributed by atoms with Crippen molar-refractivity contribution in [2.45, 2.75) is 19.8 Å². The molecule has 2 heterocycles. The molecule has 7 heteroatoms. The zero-order valence-corrected chi connectivity index (χ0v) is 9.39. The number of nitrogens with zero attached hydrogens (tertiary/aromatic N) is 3. The standard InChI is InChI=1S/C10H12N4O3/c1-7-12-9(17-14-7)13-8(15)10(6-11)2-4-16-5-3-10/h2-5H2,1H3,(H,12,13,14,15). The van der Waals surface area contributed by atoms with Gasteiger partial charge in [-0.25, -0.2) is 0 Å². The van der Waals surface area contributed by atoms with Gasteiger partial charge in [0.05, 0.1) is 6.07 Å². The maximum absolute atomic E-state index is 12.0. The SMILES string of the molecule is Cc1noc(NC(=O)C2(C#N)CCOCC2)n1. The molecule has 0 radical (unpaired) electrons.